The van der Waals surface area contributed by atoms with Gasteiger partial charge in [0.2, 0.25) is 5.75 Å². The zero-order valence-electron chi connectivity index (χ0n) is 9.78. The van der Waals surface area contributed by atoms with E-state index in [9.17, 15) is 4.39 Å². The van der Waals surface area contributed by atoms with Gasteiger partial charge in [-0.15, -0.1) is 0 Å². The van der Waals surface area contributed by atoms with E-state index in [1.165, 1.54) is 19.5 Å². The van der Waals surface area contributed by atoms with Crippen LogP contribution in [0.15, 0.2) is 24.5 Å². The van der Waals surface area contributed by atoms with Gasteiger partial charge in [-0.2, -0.15) is 4.98 Å². The molecule has 0 radical (unpaired) electrons. The van der Waals surface area contributed by atoms with Crippen LogP contribution >= 0.6 is 11.6 Å². The second-order valence-corrected chi connectivity index (χ2v) is 3.90. The lowest BCUT2D eigenvalue weighted by Crippen LogP contribution is -1.97. The van der Waals surface area contributed by atoms with Gasteiger partial charge in [-0.25, -0.2) is 9.37 Å². The Morgan fingerprint density at radius 2 is 2.06 bits per heavy atom. The molecule has 18 heavy (non-hydrogen) atoms. The Morgan fingerprint density at radius 3 is 2.78 bits per heavy atom. The maximum atomic E-state index is 13.5. The Hall–Kier alpha value is -1.88. The molecule has 0 saturated carbocycles. The Morgan fingerprint density at radius 1 is 1.28 bits per heavy atom. The van der Waals surface area contributed by atoms with Crippen LogP contribution in [0.5, 0.6) is 17.4 Å². The zero-order valence-corrected chi connectivity index (χ0v) is 10.5. The maximum absolute atomic E-state index is 13.5. The molecule has 2 aromatic rings. The molecule has 0 spiro atoms. The summed E-state index contributed by atoms with van der Waals surface area (Å²) in [6.07, 6.45) is 1.22. The Labute approximate surface area is 108 Å². The molecule has 1 aromatic carbocycles. The van der Waals surface area contributed by atoms with Gasteiger partial charge < -0.3 is 9.47 Å². The van der Waals surface area contributed by atoms with Crippen LogP contribution in [-0.4, -0.2) is 17.1 Å². The van der Waals surface area contributed by atoms with E-state index in [0.717, 1.165) is 5.56 Å². The molecule has 1 aromatic heterocycles. The van der Waals surface area contributed by atoms with Gasteiger partial charge in [0, 0.05) is 0 Å². The van der Waals surface area contributed by atoms with Crippen molar-refractivity contribution in [3.8, 4) is 17.4 Å². The van der Waals surface area contributed by atoms with Crippen LogP contribution in [0.3, 0.4) is 0 Å². The summed E-state index contributed by atoms with van der Waals surface area (Å²) < 4.78 is 23.9. The highest BCUT2D eigenvalue weighted by molar-refractivity contribution is 6.31. The topological polar surface area (TPSA) is 44.2 Å². The lowest BCUT2D eigenvalue weighted by molar-refractivity contribution is 0.359. The van der Waals surface area contributed by atoms with E-state index in [1.807, 2.05) is 6.92 Å². The highest BCUT2D eigenvalue weighted by Gasteiger charge is 2.14. The number of hydrogen-bond acceptors (Lipinski definition) is 4. The second kappa shape index (κ2) is 5.18. The van der Waals surface area contributed by atoms with Crippen molar-refractivity contribution in [1.82, 2.24) is 9.97 Å². The molecule has 0 amide bonds. The van der Waals surface area contributed by atoms with Crippen LogP contribution in [0, 0.1) is 12.7 Å². The molecule has 2 rings (SSSR count). The first kappa shape index (κ1) is 12.6. The van der Waals surface area contributed by atoms with E-state index in [2.05, 4.69) is 9.97 Å². The SMILES string of the molecule is COc1c(Cl)ncnc1Oc1cc(C)ccc1F. The van der Waals surface area contributed by atoms with Crippen molar-refractivity contribution in [2.75, 3.05) is 7.11 Å². The average Bonchev–Trinajstić information content (AvgIpc) is 2.34. The standard InChI is InChI=1S/C12H10ClFN2O2/c1-7-3-4-8(14)9(5-7)18-12-10(17-2)11(13)15-6-16-12/h3-6H,1-2H3. The van der Waals surface area contributed by atoms with Crippen LogP contribution < -0.4 is 9.47 Å². The minimum absolute atomic E-state index is 0.0584. The van der Waals surface area contributed by atoms with Crippen LogP contribution in [0.4, 0.5) is 4.39 Å². The molecule has 4 nitrogen and oxygen atoms in total. The predicted molar refractivity (Wildman–Crippen MR) is 64.8 cm³/mol. The second-order valence-electron chi connectivity index (χ2n) is 3.54. The lowest BCUT2D eigenvalue weighted by Gasteiger charge is -2.10. The number of benzene rings is 1. The van der Waals surface area contributed by atoms with E-state index in [4.69, 9.17) is 21.1 Å². The van der Waals surface area contributed by atoms with E-state index in [-0.39, 0.29) is 22.5 Å². The van der Waals surface area contributed by atoms with Gasteiger partial charge in [0.05, 0.1) is 7.11 Å². The molecule has 0 atom stereocenters. The van der Waals surface area contributed by atoms with Gasteiger partial charge in [0.15, 0.2) is 16.7 Å². The molecule has 0 aliphatic carbocycles. The molecule has 0 bridgehead atoms. The quantitative estimate of drug-likeness (QED) is 0.801. The fourth-order valence-electron chi connectivity index (χ4n) is 1.37. The van der Waals surface area contributed by atoms with Gasteiger partial charge in [0.1, 0.15) is 6.33 Å². The zero-order chi connectivity index (χ0) is 13.1. The fourth-order valence-corrected chi connectivity index (χ4v) is 1.58. The number of rotatable bonds is 3. The Kier molecular flexibility index (Phi) is 3.62. The van der Waals surface area contributed by atoms with Crippen LogP contribution in [0.1, 0.15) is 5.56 Å². The number of halogens is 2. The predicted octanol–water partition coefficient (Wildman–Crippen LogP) is 3.38. The first-order chi connectivity index (χ1) is 8.61. The van der Waals surface area contributed by atoms with Crippen molar-refractivity contribution < 1.29 is 13.9 Å². The molecule has 0 aliphatic rings. The van der Waals surface area contributed by atoms with Gasteiger partial charge in [-0.3, -0.25) is 0 Å². The van der Waals surface area contributed by atoms with Gasteiger partial charge in [0.25, 0.3) is 5.88 Å². The summed E-state index contributed by atoms with van der Waals surface area (Å²) in [6, 6.07) is 4.52. The van der Waals surface area contributed by atoms with Crippen LogP contribution in [0.2, 0.25) is 5.15 Å². The Balaban J connectivity index is 2.40. The number of aryl methyl sites for hydroxylation is 1. The third-order valence-electron chi connectivity index (χ3n) is 2.23. The van der Waals surface area contributed by atoms with Gasteiger partial charge >= 0.3 is 0 Å². The Bertz CT molecular complexity index is 578. The highest BCUT2D eigenvalue weighted by Crippen LogP contribution is 2.34. The first-order valence-electron chi connectivity index (χ1n) is 5.10. The van der Waals surface area contributed by atoms with E-state index in [1.54, 1.807) is 12.1 Å². The van der Waals surface area contributed by atoms with Crippen molar-refractivity contribution in [2.45, 2.75) is 6.92 Å². The summed E-state index contributed by atoms with van der Waals surface area (Å²) >= 11 is 5.82. The van der Waals surface area contributed by atoms with Crippen molar-refractivity contribution in [3.63, 3.8) is 0 Å². The van der Waals surface area contributed by atoms with Crippen molar-refractivity contribution in [1.29, 1.82) is 0 Å². The number of hydrogen-bond donors (Lipinski definition) is 0. The van der Waals surface area contributed by atoms with Crippen molar-refractivity contribution >= 4 is 11.6 Å². The molecule has 6 heteroatoms. The molecule has 0 fully saturated rings. The minimum Gasteiger partial charge on any atom is -0.489 e. The minimum atomic E-state index is -0.489. The lowest BCUT2D eigenvalue weighted by atomic mass is 10.2. The summed E-state index contributed by atoms with van der Waals surface area (Å²) in [6.45, 7) is 1.83. The molecular formula is C12H10ClFN2O2. The third-order valence-corrected chi connectivity index (χ3v) is 2.49. The summed E-state index contributed by atoms with van der Waals surface area (Å²) in [5.74, 6) is -0.192. The third kappa shape index (κ3) is 2.51. The van der Waals surface area contributed by atoms with E-state index in [0.29, 0.717) is 0 Å². The smallest absolute Gasteiger partial charge is 0.267 e. The number of ether oxygens (including phenoxy) is 2. The van der Waals surface area contributed by atoms with E-state index >= 15 is 0 Å². The maximum Gasteiger partial charge on any atom is 0.267 e. The average molecular weight is 269 g/mol. The summed E-state index contributed by atoms with van der Waals surface area (Å²) in [5, 5.41) is 0.107. The molecule has 1 heterocycles. The summed E-state index contributed by atoms with van der Waals surface area (Å²) in [5.41, 5.74) is 0.866. The molecule has 94 valence electrons. The van der Waals surface area contributed by atoms with Crippen LogP contribution in [0.25, 0.3) is 0 Å². The highest BCUT2D eigenvalue weighted by atomic mass is 35.5. The molecule has 0 N–H and O–H groups in total. The van der Waals surface area contributed by atoms with E-state index < -0.39 is 5.82 Å². The fraction of sp³-hybridized carbons (Fsp3) is 0.167. The largest absolute Gasteiger partial charge is 0.489 e. The molecular weight excluding hydrogens is 259 g/mol. The van der Waals surface area contributed by atoms with Gasteiger partial charge in [-0.05, 0) is 24.6 Å². The summed E-state index contributed by atoms with van der Waals surface area (Å²) in [7, 11) is 1.41. The first-order valence-corrected chi connectivity index (χ1v) is 5.48. The number of methoxy groups -OCH3 is 1. The summed E-state index contributed by atoms with van der Waals surface area (Å²) in [4.78, 5) is 7.61. The number of nitrogens with zero attached hydrogens (tertiary/aromatic N) is 2. The molecule has 0 saturated heterocycles. The molecule has 0 unspecified atom stereocenters. The normalized spacial score (nSPS) is 10.2. The van der Waals surface area contributed by atoms with Crippen LogP contribution in [-0.2, 0) is 0 Å². The van der Waals surface area contributed by atoms with Crippen molar-refractivity contribution in [2.24, 2.45) is 0 Å². The van der Waals surface area contributed by atoms with Crippen molar-refractivity contribution in [3.05, 3.63) is 41.1 Å². The molecule has 0 aliphatic heterocycles. The monoisotopic (exact) mass is 268 g/mol. The van der Waals surface area contributed by atoms with Gasteiger partial charge in [-0.1, -0.05) is 17.7 Å². The number of aromatic nitrogens is 2.